The Morgan fingerprint density at radius 1 is 1.28 bits per heavy atom. The molecule has 0 radical (unpaired) electrons. The predicted octanol–water partition coefficient (Wildman–Crippen LogP) is 4.34. The highest BCUT2D eigenvalue weighted by molar-refractivity contribution is 14.1. The maximum atomic E-state index is 6.10. The summed E-state index contributed by atoms with van der Waals surface area (Å²) in [4.78, 5) is 0. The van der Waals surface area contributed by atoms with Crippen LogP contribution in [-0.2, 0) is 0 Å². The predicted molar refractivity (Wildman–Crippen MR) is 85.4 cm³/mol. The largest absolute Gasteiger partial charge is 0.271 e. The van der Waals surface area contributed by atoms with E-state index in [-0.39, 0.29) is 6.04 Å². The lowest BCUT2D eigenvalue weighted by atomic mass is 9.96. The number of hydrazine groups is 1. The van der Waals surface area contributed by atoms with Gasteiger partial charge in [0.05, 0.1) is 6.04 Å². The lowest BCUT2D eigenvalue weighted by molar-refractivity contribution is 0.591. The second kappa shape index (κ2) is 6.89. The number of hydrogen-bond acceptors (Lipinski definition) is 2. The number of hydrogen-bond donors (Lipinski definition) is 2. The molecule has 98 valence electrons. The Labute approximate surface area is 127 Å². The van der Waals surface area contributed by atoms with Crippen LogP contribution in [0.25, 0.3) is 0 Å². The van der Waals surface area contributed by atoms with E-state index in [0.29, 0.717) is 0 Å². The smallest absolute Gasteiger partial charge is 0.0680 e. The van der Waals surface area contributed by atoms with Gasteiger partial charge >= 0.3 is 0 Å². The first-order valence-electron chi connectivity index (χ1n) is 6.32. The second-order valence-electron chi connectivity index (χ2n) is 4.64. The van der Waals surface area contributed by atoms with Gasteiger partial charge in [-0.2, -0.15) is 0 Å². The molecular weight excluding hydrogens is 359 g/mol. The van der Waals surface area contributed by atoms with Crippen LogP contribution >= 0.6 is 34.2 Å². The number of rotatable bonds is 3. The zero-order valence-electron chi connectivity index (χ0n) is 10.3. The number of halogens is 2. The van der Waals surface area contributed by atoms with Crippen LogP contribution < -0.4 is 11.3 Å². The van der Waals surface area contributed by atoms with Gasteiger partial charge in [0.25, 0.3) is 0 Å². The lowest BCUT2D eigenvalue weighted by Crippen LogP contribution is -2.30. The van der Waals surface area contributed by atoms with Crippen LogP contribution in [0, 0.1) is 3.57 Å². The van der Waals surface area contributed by atoms with E-state index < -0.39 is 0 Å². The molecule has 0 saturated carbocycles. The van der Waals surface area contributed by atoms with E-state index in [1.807, 2.05) is 18.2 Å². The molecule has 1 atom stereocenters. The summed E-state index contributed by atoms with van der Waals surface area (Å²) in [6.45, 7) is 0. The van der Waals surface area contributed by atoms with Gasteiger partial charge in [-0.3, -0.25) is 5.84 Å². The first kappa shape index (κ1) is 14.3. The van der Waals surface area contributed by atoms with Gasteiger partial charge in [0.15, 0.2) is 0 Å². The Kier molecular flexibility index (Phi) is 5.48. The SMILES string of the molecule is NNC(C1=CCCCCC1)c1cc(Cl)ccc1I. The van der Waals surface area contributed by atoms with Gasteiger partial charge in [-0.25, -0.2) is 5.43 Å². The highest BCUT2D eigenvalue weighted by atomic mass is 127. The van der Waals surface area contributed by atoms with Crippen molar-refractivity contribution in [3.8, 4) is 0 Å². The molecule has 4 heteroatoms. The molecule has 1 unspecified atom stereocenters. The Morgan fingerprint density at radius 3 is 2.89 bits per heavy atom. The third-order valence-corrected chi connectivity index (χ3v) is 4.60. The summed E-state index contributed by atoms with van der Waals surface area (Å²) in [6.07, 6.45) is 8.47. The number of benzene rings is 1. The van der Waals surface area contributed by atoms with Gasteiger partial charge in [-0.15, -0.1) is 0 Å². The van der Waals surface area contributed by atoms with E-state index in [1.165, 1.54) is 34.0 Å². The zero-order valence-corrected chi connectivity index (χ0v) is 13.2. The van der Waals surface area contributed by atoms with E-state index in [4.69, 9.17) is 17.4 Å². The van der Waals surface area contributed by atoms with E-state index in [1.54, 1.807) is 0 Å². The Balaban J connectivity index is 2.32. The summed E-state index contributed by atoms with van der Waals surface area (Å²) in [6, 6.07) is 6.06. The topological polar surface area (TPSA) is 38.0 Å². The van der Waals surface area contributed by atoms with Crippen molar-refractivity contribution < 1.29 is 0 Å². The fraction of sp³-hybridized carbons (Fsp3) is 0.429. The maximum absolute atomic E-state index is 6.10. The van der Waals surface area contributed by atoms with Gasteiger partial charge in [0.1, 0.15) is 0 Å². The summed E-state index contributed by atoms with van der Waals surface area (Å²) in [7, 11) is 0. The molecule has 0 saturated heterocycles. The zero-order chi connectivity index (χ0) is 13.0. The van der Waals surface area contributed by atoms with Gasteiger partial charge in [-0.1, -0.05) is 29.7 Å². The Hall–Kier alpha value is -0.100. The number of nitrogens with two attached hydrogens (primary N) is 1. The highest BCUT2D eigenvalue weighted by Crippen LogP contribution is 2.32. The fourth-order valence-electron chi connectivity index (χ4n) is 2.43. The summed E-state index contributed by atoms with van der Waals surface area (Å²) >= 11 is 8.44. The highest BCUT2D eigenvalue weighted by Gasteiger charge is 2.18. The molecule has 1 aromatic carbocycles. The lowest BCUT2D eigenvalue weighted by Gasteiger charge is -2.21. The summed E-state index contributed by atoms with van der Waals surface area (Å²) in [5.41, 5.74) is 5.53. The molecule has 18 heavy (non-hydrogen) atoms. The van der Waals surface area contributed by atoms with Crippen LogP contribution in [0.3, 0.4) is 0 Å². The quantitative estimate of drug-likeness (QED) is 0.356. The Morgan fingerprint density at radius 2 is 2.11 bits per heavy atom. The van der Waals surface area contributed by atoms with Gasteiger partial charge in [-0.05, 0) is 72.0 Å². The van der Waals surface area contributed by atoms with Gasteiger partial charge in [0.2, 0.25) is 0 Å². The molecule has 0 bridgehead atoms. The van der Waals surface area contributed by atoms with Crippen LogP contribution in [0.1, 0.15) is 43.7 Å². The minimum absolute atomic E-state index is 0.0914. The minimum Gasteiger partial charge on any atom is -0.271 e. The third-order valence-electron chi connectivity index (χ3n) is 3.38. The van der Waals surface area contributed by atoms with Crippen molar-refractivity contribution in [1.29, 1.82) is 0 Å². The molecule has 0 fully saturated rings. The molecule has 2 nitrogen and oxygen atoms in total. The minimum atomic E-state index is 0.0914. The Bertz CT molecular complexity index is 445. The molecule has 1 aliphatic rings. The van der Waals surface area contributed by atoms with Crippen LogP contribution in [0.2, 0.25) is 5.02 Å². The number of nitrogens with one attached hydrogen (secondary N) is 1. The van der Waals surface area contributed by atoms with Crippen molar-refractivity contribution in [3.63, 3.8) is 0 Å². The molecule has 0 spiro atoms. The monoisotopic (exact) mass is 376 g/mol. The van der Waals surface area contributed by atoms with Gasteiger partial charge < -0.3 is 0 Å². The molecule has 0 amide bonds. The van der Waals surface area contributed by atoms with Crippen molar-refractivity contribution in [3.05, 3.63) is 44.0 Å². The van der Waals surface area contributed by atoms with Gasteiger partial charge in [0, 0.05) is 8.59 Å². The molecular formula is C14H18ClIN2. The molecule has 0 heterocycles. The molecule has 0 aliphatic heterocycles. The van der Waals surface area contributed by atoms with Crippen molar-refractivity contribution in [2.75, 3.05) is 0 Å². The van der Waals surface area contributed by atoms with E-state index >= 15 is 0 Å². The normalized spacial score (nSPS) is 18.1. The summed E-state index contributed by atoms with van der Waals surface area (Å²) < 4.78 is 1.20. The van der Waals surface area contributed by atoms with E-state index in [0.717, 1.165) is 17.9 Å². The first-order valence-corrected chi connectivity index (χ1v) is 7.78. The standard InChI is InChI=1S/C14H18ClIN2/c15-11-7-8-13(16)12(9-11)14(18-17)10-5-3-1-2-4-6-10/h5,7-9,14,18H,1-4,6,17H2. The molecule has 2 rings (SSSR count). The molecule has 1 aromatic rings. The van der Waals surface area contributed by atoms with Crippen molar-refractivity contribution in [1.82, 2.24) is 5.43 Å². The van der Waals surface area contributed by atoms with Crippen LogP contribution in [0.5, 0.6) is 0 Å². The maximum Gasteiger partial charge on any atom is 0.0680 e. The first-order chi connectivity index (χ1) is 8.72. The van der Waals surface area contributed by atoms with Crippen molar-refractivity contribution >= 4 is 34.2 Å². The van der Waals surface area contributed by atoms with Crippen LogP contribution in [0.4, 0.5) is 0 Å². The summed E-state index contributed by atoms with van der Waals surface area (Å²) in [5, 5.41) is 0.764. The average molecular weight is 377 g/mol. The van der Waals surface area contributed by atoms with E-state index in [9.17, 15) is 0 Å². The average Bonchev–Trinajstić information content (AvgIpc) is 2.64. The third kappa shape index (κ3) is 3.47. The molecule has 1 aliphatic carbocycles. The van der Waals surface area contributed by atoms with E-state index in [2.05, 4.69) is 34.1 Å². The fourth-order valence-corrected chi connectivity index (χ4v) is 3.26. The number of allylic oxidation sites excluding steroid dienone is 1. The second-order valence-corrected chi connectivity index (χ2v) is 6.24. The summed E-state index contributed by atoms with van der Waals surface area (Å²) in [5.74, 6) is 5.77. The van der Waals surface area contributed by atoms with Crippen LogP contribution in [0.15, 0.2) is 29.8 Å². The van der Waals surface area contributed by atoms with Crippen LogP contribution in [-0.4, -0.2) is 0 Å². The van der Waals surface area contributed by atoms with Crippen molar-refractivity contribution in [2.24, 2.45) is 5.84 Å². The molecule has 0 aromatic heterocycles. The molecule has 3 N–H and O–H groups in total. The van der Waals surface area contributed by atoms with Crippen molar-refractivity contribution in [2.45, 2.75) is 38.1 Å².